The maximum atomic E-state index is 11.8. The SMILES string of the molecule is CC/C=C(\CCCC)NC(CC(c1nc(C(=O)OC)cs1)C1CC1)C(C)C. The van der Waals surface area contributed by atoms with E-state index in [4.69, 9.17) is 4.74 Å². The minimum Gasteiger partial charge on any atom is -0.464 e. The van der Waals surface area contributed by atoms with Crippen molar-refractivity contribution in [3.05, 3.63) is 27.9 Å². The fraction of sp³-hybridized carbons (Fsp3) is 0.727. The second kappa shape index (κ2) is 10.8. The van der Waals surface area contributed by atoms with Gasteiger partial charge in [0.2, 0.25) is 0 Å². The number of ether oxygens (including phenoxy) is 1. The standard InChI is InChI=1S/C22H36N2O2S/c1-6-8-10-17(9-7-2)23-19(15(3)4)13-18(16-11-12-16)21-24-20(14-27-21)22(25)26-5/h9,14-16,18-19,23H,6-8,10-13H2,1-5H3/b17-9+. The Hall–Kier alpha value is -1.36. The summed E-state index contributed by atoms with van der Waals surface area (Å²) in [5.74, 6) is 1.35. The van der Waals surface area contributed by atoms with E-state index in [0.29, 0.717) is 29.5 Å². The molecular weight excluding hydrogens is 356 g/mol. The van der Waals surface area contributed by atoms with Crippen LogP contribution in [0.5, 0.6) is 0 Å². The van der Waals surface area contributed by atoms with Crippen LogP contribution in [0.3, 0.4) is 0 Å². The van der Waals surface area contributed by atoms with Crippen LogP contribution in [0, 0.1) is 11.8 Å². The Morgan fingerprint density at radius 3 is 2.70 bits per heavy atom. The summed E-state index contributed by atoms with van der Waals surface area (Å²) in [5.41, 5.74) is 1.84. The molecular formula is C22H36N2O2S. The van der Waals surface area contributed by atoms with E-state index in [1.807, 2.05) is 5.38 Å². The summed E-state index contributed by atoms with van der Waals surface area (Å²) in [5, 5.41) is 6.80. The maximum absolute atomic E-state index is 11.8. The van der Waals surface area contributed by atoms with E-state index in [1.165, 1.54) is 38.5 Å². The number of aromatic nitrogens is 1. The molecule has 0 radical (unpaired) electrons. The number of esters is 1. The summed E-state index contributed by atoms with van der Waals surface area (Å²) >= 11 is 1.61. The summed E-state index contributed by atoms with van der Waals surface area (Å²) in [6.45, 7) is 9.04. The summed E-state index contributed by atoms with van der Waals surface area (Å²) in [6, 6.07) is 0.427. The molecule has 4 nitrogen and oxygen atoms in total. The van der Waals surface area contributed by atoms with Crippen molar-refractivity contribution in [2.24, 2.45) is 11.8 Å². The Balaban J connectivity index is 2.12. The molecule has 0 aliphatic heterocycles. The Labute approximate surface area is 168 Å². The first-order chi connectivity index (χ1) is 13.0. The van der Waals surface area contributed by atoms with Gasteiger partial charge in [-0.2, -0.15) is 0 Å². The number of thiazole rings is 1. The lowest BCUT2D eigenvalue weighted by molar-refractivity contribution is 0.0594. The predicted molar refractivity (Wildman–Crippen MR) is 113 cm³/mol. The fourth-order valence-corrected chi connectivity index (χ4v) is 4.50. The van der Waals surface area contributed by atoms with Crippen molar-refractivity contribution in [3.63, 3.8) is 0 Å². The van der Waals surface area contributed by atoms with Gasteiger partial charge in [-0.3, -0.25) is 0 Å². The van der Waals surface area contributed by atoms with E-state index in [-0.39, 0.29) is 5.97 Å². The Kier molecular flexibility index (Phi) is 8.81. The van der Waals surface area contributed by atoms with Crippen molar-refractivity contribution in [3.8, 4) is 0 Å². The molecule has 27 heavy (non-hydrogen) atoms. The molecule has 0 bridgehead atoms. The molecule has 0 spiro atoms. The van der Waals surface area contributed by atoms with Gasteiger partial charge in [0, 0.05) is 23.0 Å². The van der Waals surface area contributed by atoms with Crippen molar-refractivity contribution < 1.29 is 9.53 Å². The number of hydrogen-bond donors (Lipinski definition) is 1. The smallest absolute Gasteiger partial charge is 0.357 e. The minimum atomic E-state index is -0.335. The molecule has 5 heteroatoms. The highest BCUT2D eigenvalue weighted by Gasteiger charge is 2.36. The minimum absolute atomic E-state index is 0.335. The highest BCUT2D eigenvalue weighted by molar-refractivity contribution is 7.09. The zero-order chi connectivity index (χ0) is 19.8. The lowest BCUT2D eigenvalue weighted by Gasteiger charge is -2.29. The predicted octanol–water partition coefficient (Wildman–Crippen LogP) is 5.91. The summed E-state index contributed by atoms with van der Waals surface area (Å²) in [4.78, 5) is 16.4. The van der Waals surface area contributed by atoms with Gasteiger partial charge in [0.25, 0.3) is 0 Å². The molecule has 1 saturated carbocycles. The number of unbranched alkanes of at least 4 members (excludes halogenated alkanes) is 1. The van der Waals surface area contributed by atoms with Gasteiger partial charge >= 0.3 is 5.97 Å². The Morgan fingerprint density at radius 2 is 2.15 bits per heavy atom. The highest BCUT2D eigenvalue weighted by atomic mass is 32.1. The van der Waals surface area contributed by atoms with Gasteiger partial charge < -0.3 is 10.1 Å². The van der Waals surface area contributed by atoms with Crippen molar-refractivity contribution in [1.29, 1.82) is 0 Å². The van der Waals surface area contributed by atoms with Crippen LogP contribution < -0.4 is 5.32 Å². The van der Waals surface area contributed by atoms with Crippen LogP contribution in [0.25, 0.3) is 0 Å². The molecule has 0 saturated heterocycles. The van der Waals surface area contributed by atoms with Gasteiger partial charge in [-0.05, 0) is 50.4 Å². The average Bonchev–Trinajstić information content (AvgIpc) is 3.38. The number of hydrogen-bond acceptors (Lipinski definition) is 5. The maximum Gasteiger partial charge on any atom is 0.357 e. The summed E-state index contributed by atoms with van der Waals surface area (Å²) in [7, 11) is 1.41. The summed E-state index contributed by atoms with van der Waals surface area (Å²) < 4.78 is 4.83. The van der Waals surface area contributed by atoms with Gasteiger partial charge in [0.15, 0.2) is 5.69 Å². The highest BCUT2D eigenvalue weighted by Crippen LogP contribution is 2.46. The average molecular weight is 393 g/mol. The van der Waals surface area contributed by atoms with Crippen molar-refractivity contribution in [1.82, 2.24) is 10.3 Å². The Morgan fingerprint density at radius 1 is 1.41 bits per heavy atom. The van der Waals surface area contributed by atoms with Gasteiger partial charge in [-0.25, -0.2) is 9.78 Å². The first-order valence-electron chi connectivity index (χ1n) is 10.5. The van der Waals surface area contributed by atoms with Crippen LogP contribution >= 0.6 is 11.3 Å². The van der Waals surface area contributed by atoms with Crippen LogP contribution in [0.2, 0.25) is 0 Å². The molecule has 1 aliphatic rings. The van der Waals surface area contributed by atoms with Crippen LogP contribution in [0.4, 0.5) is 0 Å². The monoisotopic (exact) mass is 392 g/mol. The first-order valence-corrected chi connectivity index (χ1v) is 11.4. The molecule has 2 rings (SSSR count). The van der Waals surface area contributed by atoms with Crippen LogP contribution in [0.1, 0.15) is 94.1 Å². The van der Waals surface area contributed by atoms with Crippen molar-refractivity contribution in [2.75, 3.05) is 7.11 Å². The molecule has 1 N–H and O–H groups in total. The van der Waals surface area contributed by atoms with Gasteiger partial charge in [-0.15, -0.1) is 11.3 Å². The molecule has 1 fully saturated rings. The second-order valence-corrected chi connectivity index (χ2v) is 8.87. The molecule has 2 atom stereocenters. The van der Waals surface area contributed by atoms with Gasteiger partial charge in [0.1, 0.15) is 0 Å². The summed E-state index contributed by atoms with van der Waals surface area (Å²) in [6.07, 6.45) is 10.6. The number of allylic oxidation sites excluding steroid dienone is 2. The van der Waals surface area contributed by atoms with E-state index < -0.39 is 0 Å². The third-order valence-corrected chi connectivity index (χ3v) is 6.33. The lowest BCUT2D eigenvalue weighted by Crippen LogP contribution is -2.35. The number of rotatable bonds is 12. The molecule has 1 aromatic rings. The molecule has 1 aromatic heterocycles. The van der Waals surface area contributed by atoms with E-state index in [1.54, 1.807) is 11.3 Å². The van der Waals surface area contributed by atoms with Crippen molar-refractivity contribution >= 4 is 17.3 Å². The lowest BCUT2D eigenvalue weighted by atomic mass is 9.89. The van der Waals surface area contributed by atoms with E-state index >= 15 is 0 Å². The van der Waals surface area contributed by atoms with E-state index in [0.717, 1.165) is 24.3 Å². The first kappa shape index (κ1) is 21.9. The molecule has 2 unspecified atom stereocenters. The molecule has 0 amide bonds. The topological polar surface area (TPSA) is 51.2 Å². The zero-order valence-corrected chi connectivity index (χ0v) is 18.4. The van der Waals surface area contributed by atoms with E-state index in [9.17, 15) is 4.79 Å². The second-order valence-electron chi connectivity index (χ2n) is 7.98. The normalized spacial score (nSPS) is 17.0. The number of carbonyl (C=O) groups is 1. The quantitative estimate of drug-likeness (QED) is 0.449. The van der Waals surface area contributed by atoms with Crippen LogP contribution in [-0.2, 0) is 4.74 Å². The van der Waals surface area contributed by atoms with Crippen molar-refractivity contribution in [2.45, 2.75) is 84.6 Å². The number of methoxy groups -OCH3 is 1. The largest absolute Gasteiger partial charge is 0.464 e. The van der Waals surface area contributed by atoms with Gasteiger partial charge in [0.05, 0.1) is 12.1 Å². The molecule has 0 aromatic carbocycles. The van der Waals surface area contributed by atoms with E-state index in [2.05, 4.69) is 44.1 Å². The zero-order valence-electron chi connectivity index (χ0n) is 17.6. The molecule has 1 aliphatic carbocycles. The van der Waals surface area contributed by atoms with Crippen LogP contribution in [-0.4, -0.2) is 24.1 Å². The fourth-order valence-electron chi connectivity index (χ4n) is 3.51. The number of nitrogens with zero attached hydrogens (tertiary/aromatic N) is 1. The number of nitrogens with one attached hydrogen (secondary N) is 1. The Bertz CT molecular complexity index is 620. The third-order valence-electron chi connectivity index (χ3n) is 5.36. The third kappa shape index (κ3) is 6.63. The number of carbonyl (C=O) groups excluding carboxylic acids is 1. The van der Waals surface area contributed by atoms with Crippen LogP contribution in [0.15, 0.2) is 17.2 Å². The van der Waals surface area contributed by atoms with Gasteiger partial charge in [-0.1, -0.05) is 40.2 Å². The molecule has 1 heterocycles. The molecule has 152 valence electrons.